The summed E-state index contributed by atoms with van der Waals surface area (Å²) >= 11 is 0. The number of hydrogen-bond acceptors (Lipinski definition) is 7. The van der Waals surface area contributed by atoms with Crippen LogP contribution >= 0.6 is 0 Å². The van der Waals surface area contributed by atoms with Crippen molar-refractivity contribution < 1.29 is 33.6 Å². The molecule has 0 spiro atoms. The normalized spacial score (nSPS) is 16.6. The summed E-state index contributed by atoms with van der Waals surface area (Å²) < 4.78 is 22.4. The number of aliphatic hydroxyl groups excluding tert-OH is 1. The molecule has 1 N–H and O–H groups in total. The molecule has 224 valence electrons. The van der Waals surface area contributed by atoms with Crippen molar-refractivity contribution >= 4 is 11.9 Å². The Morgan fingerprint density at radius 3 is 2.02 bits per heavy atom. The highest BCUT2D eigenvalue weighted by atomic mass is 16.5. The fraction of sp³-hybridized carbons (Fsp3) is 0.529. The molecule has 1 saturated carbocycles. The van der Waals surface area contributed by atoms with Crippen LogP contribution in [0.3, 0.4) is 0 Å². The van der Waals surface area contributed by atoms with Crippen molar-refractivity contribution in [2.45, 2.75) is 89.1 Å². The molecule has 0 radical (unpaired) electrons. The average Bonchev–Trinajstić information content (AvgIpc) is 3.01. The number of esters is 2. The molecular formula is C34H46O7. The van der Waals surface area contributed by atoms with E-state index in [1.54, 1.807) is 24.3 Å². The van der Waals surface area contributed by atoms with Crippen LogP contribution in [0.1, 0.15) is 98.9 Å². The van der Waals surface area contributed by atoms with E-state index < -0.39 is 5.97 Å². The molecule has 2 aromatic rings. The lowest BCUT2D eigenvalue weighted by Gasteiger charge is -2.29. The lowest BCUT2D eigenvalue weighted by molar-refractivity contribution is -0.137. The molecule has 0 saturated heterocycles. The smallest absolute Gasteiger partial charge is 0.343 e. The van der Waals surface area contributed by atoms with Crippen LogP contribution in [0.2, 0.25) is 0 Å². The van der Waals surface area contributed by atoms with Gasteiger partial charge in [-0.25, -0.2) is 9.59 Å². The second-order valence-corrected chi connectivity index (χ2v) is 10.6. The maximum Gasteiger partial charge on any atom is 0.343 e. The third kappa shape index (κ3) is 12.5. The van der Waals surface area contributed by atoms with Crippen molar-refractivity contribution in [1.82, 2.24) is 0 Å². The topological polar surface area (TPSA) is 91.3 Å². The van der Waals surface area contributed by atoms with Gasteiger partial charge < -0.3 is 24.1 Å². The van der Waals surface area contributed by atoms with Crippen molar-refractivity contribution in [3.63, 3.8) is 0 Å². The van der Waals surface area contributed by atoms with Crippen LogP contribution in [0.25, 0.3) is 0 Å². The minimum atomic E-state index is -0.393. The van der Waals surface area contributed by atoms with Gasteiger partial charge in [-0.3, -0.25) is 0 Å². The highest BCUT2D eigenvalue weighted by molar-refractivity contribution is 5.91. The standard InChI is InChI=1S/C34H46O7/c1-2-33(36)40-26-10-6-5-9-25-39-31-19-15-29(16-20-31)34(37)41-32-21-13-28(14-22-32)27-11-17-30(18-12-27)38-24-8-4-3-7-23-35/h2,13-16,19-22,27,30,35H,1,3-12,17-18,23-26H2. The Balaban J connectivity index is 1.30. The van der Waals surface area contributed by atoms with Crippen LogP contribution in [0.15, 0.2) is 61.2 Å². The SMILES string of the molecule is C=CC(=O)OCCCCCCOc1ccc(C(=O)Oc2ccc(C3CCC(OCCCCCCO)CC3)cc2)cc1. The Labute approximate surface area is 244 Å². The number of benzene rings is 2. The fourth-order valence-electron chi connectivity index (χ4n) is 5.02. The number of hydrogen-bond donors (Lipinski definition) is 1. The van der Waals surface area contributed by atoms with E-state index in [4.69, 9.17) is 24.1 Å². The molecule has 0 bridgehead atoms. The second kappa shape index (κ2) is 19.1. The Hall–Kier alpha value is -3.16. The van der Waals surface area contributed by atoms with E-state index in [1.807, 2.05) is 12.1 Å². The van der Waals surface area contributed by atoms with Gasteiger partial charge in [-0.15, -0.1) is 0 Å². The number of aliphatic hydroxyl groups is 1. The third-order valence-corrected chi connectivity index (χ3v) is 7.45. The molecule has 0 amide bonds. The van der Waals surface area contributed by atoms with Crippen LogP contribution in [0.4, 0.5) is 0 Å². The van der Waals surface area contributed by atoms with Gasteiger partial charge in [0.25, 0.3) is 0 Å². The van der Waals surface area contributed by atoms with E-state index in [9.17, 15) is 9.59 Å². The third-order valence-electron chi connectivity index (χ3n) is 7.45. The summed E-state index contributed by atoms with van der Waals surface area (Å²) in [6, 6.07) is 14.9. The van der Waals surface area contributed by atoms with Crippen molar-refractivity contribution in [2.75, 3.05) is 26.4 Å². The van der Waals surface area contributed by atoms with Gasteiger partial charge >= 0.3 is 11.9 Å². The van der Waals surface area contributed by atoms with Gasteiger partial charge in [0.15, 0.2) is 0 Å². The van der Waals surface area contributed by atoms with Gasteiger partial charge in [-0.2, -0.15) is 0 Å². The lowest BCUT2D eigenvalue weighted by Crippen LogP contribution is -2.21. The predicted octanol–water partition coefficient (Wildman–Crippen LogP) is 7.17. The van der Waals surface area contributed by atoms with Crippen LogP contribution in [0, 0.1) is 0 Å². The van der Waals surface area contributed by atoms with Crippen LogP contribution in [-0.4, -0.2) is 49.6 Å². The first kappa shape index (κ1) is 32.4. The van der Waals surface area contributed by atoms with E-state index in [2.05, 4.69) is 18.7 Å². The summed E-state index contributed by atoms with van der Waals surface area (Å²) in [6.45, 7) is 5.47. The van der Waals surface area contributed by atoms with Crippen LogP contribution in [0.5, 0.6) is 11.5 Å². The molecule has 7 heteroatoms. The van der Waals surface area contributed by atoms with Gasteiger partial charge in [0.1, 0.15) is 11.5 Å². The van der Waals surface area contributed by atoms with E-state index in [-0.39, 0.29) is 12.6 Å². The highest BCUT2D eigenvalue weighted by Gasteiger charge is 2.23. The maximum atomic E-state index is 12.6. The van der Waals surface area contributed by atoms with Gasteiger partial charge in [-0.1, -0.05) is 31.6 Å². The molecule has 1 aliphatic carbocycles. The van der Waals surface area contributed by atoms with Gasteiger partial charge in [-0.05, 0) is 112 Å². The number of carbonyl (C=O) groups excluding carboxylic acids is 2. The lowest BCUT2D eigenvalue weighted by atomic mass is 9.83. The molecule has 1 aliphatic rings. The number of rotatable bonds is 19. The Morgan fingerprint density at radius 1 is 0.756 bits per heavy atom. The number of ether oxygens (including phenoxy) is 4. The number of unbranched alkanes of at least 4 members (excludes halogenated alkanes) is 6. The molecule has 0 atom stereocenters. The molecule has 0 unspecified atom stereocenters. The summed E-state index contributed by atoms with van der Waals surface area (Å²) in [5, 5.41) is 8.85. The minimum Gasteiger partial charge on any atom is -0.494 e. The summed E-state index contributed by atoms with van der Waals surface area (Å²) in [5.41, 5.74) is 1.76. The van der Waals surface area contributed by atoms with E-state index in [0.717, 1.165) is 83.7 Å². The van der Waals surface area contributed by atoms with Crippen molar-refractivity contribution in [3.05, 3.63) is 72.3 Å². The summed E-state index contributed by atoms with van der Waals surface area (Å²) in [4.78, 5) is 23.6. The Morgan fingerprint density at radius 2 is 1.37 bits per heavy atom. The predicted molar refractivity (Wildman–Crippen MR) is 159 cm³/mol. The zero-order valence-corrected chi connectivity index (χ0v) is 24.3. The Bertz CT molecular complexity index is 1020. The molecule has 3 rings (SSSR count). The van der Waals surface area contributed by atoms with Gasteiger partial charge in [0.05, 0.1) is 24.9 Å². The quantitative estimate of drug-likeness (QED) is 0.0834. The molecule has 7 nitrogen and oxygen atoms in total. The van der Waals surface area contributed by atoms with Crippen molar-refractivity contribution in [1.29, 1.82) is 0 Å². The minimum absolute atomic E-state index is 0.279. The zero-order chi connectivity index (χ0) is 29.1. The molecular weight excluding hydrogens is 520 g/mol. The van der Waals surface area contributed by atoms with Crippen LogP contribution < -0.4 is 9.47 Å². The summed E-state index contributed by atoms with van der Waals surface area (Å²) in [7, 11) is 0. The molecule has 2 aromatic carbocycles. The van der Waals surface area contributed by atoms with Gasteiger partial charge in [0, 0.05) is 19.3 Å². The molecule has 0 aliphatic heterocycles. The fourth-order valence-corrected chi connectivity index (χ4v) is 5.02. The first-order chi connectivity index (χ1) is 20.1. The monoisotopic (exact) mass is 566 g/mol. The van der Waals surface area contributed by atoms with Crippen molar-refractivity contribution in [3.8, 4) is 11.5 Å². The summed E-state index contributed by atoms with van der Waals surface area (Å²) in [6.07, 6.45) is 13.7. The zero-order valence-electron chi connectivity index (χ0n) is 24.3. The first-order valence-corrected chi connectivity index (χ1v) is 15.2. The summed E-state index contributed by atoms with van der Waals surface area (Å²) in [5.74, 6) is 0.987. The van der Waals surface area contributed by atoms with Gasteiger partial charge in [0.2, 0.25) is 0 Å². The van der Waals surface area contributed by atoms with Crippen molar-refractivity contribution in [2.24, 2.45) is 0 Å². The molecule has 41 heavy (non-hydrogen) atoms. The van der Waals surface area contributed by atoms with E-state index >= 15 is 0 Å². The molecule has 0 aromatic heterocycles. The molecule has 0 heterocycles. The van der Waals surface area contributed by atoms with E-state index in [0.29, 0.717) is 42.3 Å². The largest absolute Gasteiger partial charge is 0.494 e. The average molecular weight is 567 g/mol. The van der Waals surface area contributed by atoms with Crippen LogP contribution in [-0.2, 0) is 14.3 Å². The molecule has 1 fully saturated rings. The highest BCUT2D eigenvalue weighted by Crippen LogP contribution is 2.35. The Kier molecular flexibility index (Phi) is 15.0. The second-order valence-electron chi connectivity index (χ2n) is 10.6. The first-order valence-electron chi connectivity index (χ1n) is 15.2. The van der Waals surface area contributed by atoms with E-state index in [1.165, 1.54) is 11.6 Å². The number of carbonyl (C=O) groups is 2. The maximum absolute atomic E-state index is 12.6.